The lowest BCUT2D eigenvalue weighted by atomic mass is 10.2. The molecule has 2 rings (SSSR count). The maximum Gasteiger partial charge on any atom is 0.256 e. The minimum atomic E-state index is 0.0810. The van der Waals surface area contributed by atoms with Gasteiger partial charge >= 0.3 is 0 Å². The normalized spacial score (nSPS) is 13.6. The van der Waals surface area contributed by atoms with Gasteiger partial charge in [-0.1, -0.05) is 12.8 Å². The predicted molar refractivity (Wildman–Crippen MR) is 66.4 cm³/mol. The Labute approximate surface area is 102 Å². The van der Waals surface area contributed by atoms with Gasteiger partial charge in [-0.2, -0.15) is 0 Å². The van der Waals surface area contributed by atoms with Crippen molar-refractivity contribution in [3.05, 3.63) is 29.1 Å². The molecule has 2 heterocycles. The van der Waals surface area contributed by atoms with E-state index in [1.807, 2.05) is 37.8 Å². The number of pyridine rings is 1. The Morgan fingerprint density at radius 3 is 2.88 bits per heavy atom. The average molecular weight is 228 g/mol. The number of carbonyl (C=O) groups excluding carboxylic acids is 1. The van der Waals surface area contributed by atoms with Crippen LogP contribution >= 0.6 is 0 Å². The van der Waals surface area contributed by atoms with E-state index < -0.39 is 0 Å². The van der Waals surface area contributed by atoms with Gasteiger partial charge in [0.05, 0.1) is 17.8 Å². The Kier molecular flexibility index (Phi) is 3.14. The molecule has 0 radical (unpaired) electrons. The van der Waals surface area contributed by atoms with Gasteiger partial charge in [-0.15, -0.1) is 0 Å². The van der Waals surface area contributed by atoms with E-state index >= 15 is 0 Å². The summed E-state index contributed by atoms with van der Waals surface area (Å²) in [5.41, 5.74) is 2.33. The first-order valence-corrected chi connectivity index (χ1v) is 5.93. The van der Waals surface area contributed by atoms with Crippen molar-refractivity contribution in [1.82, 2.24) is 9.88 Å². The van der Waals surface area contributed by atoms with E-state index in [0.29, 0.717) is 6.54 Å². The number of nitrogens with zero attached hydrogens (tertiary/aromatic N) is 2. The summed E-state index contributed by atoms with van der Waals surface area (Å²) in [5.74, 6) is 6.06. The van der Waals surface area contributed by atoms with Crippen molar-refractivity contribution in [2.24, 2.45) is 0 Å². The van der Waals surface area contributed by atoms with Gasteiger partial charge in [-0.25, -0.2) is 4.98 Å². The number of hydrogen-bond acceptors (Lipinski definition) is 2. The van der Waals surface area contributed by atoms with Crippen molar-refractivity contribution < 1.29 is 4.79 Å². The van der Waals surface area contributed by atoms with Crippen LogP contribution in [0.25, 0.3) is 0 Å². The summed E-state index contributed by atoms with van der Waals surface area (Å²) in [6.45, 7) is 6.64. The molecule has 1 aliphatic rings. The van der Waals surface area contributed by atoms with E-state index in [1.165, 1.54) is 0 Å². The monoisotopic (exact) mass is 228 g/mol. The van der Waals surface area contributed by atoms with Crippen molar-refractivity contribution in [3.8, 4) is 11.8 Å². The van der Waals surface area contributed by atoms with Gasteiger partial charge in [0.1, 0.15) is 5.69 Å². The summed E-state index contributed by atoms with van der Waals surface area (Å²) in [6, 6.07) is 3.87. The third kappa shape index (κ3) is 2.16. The van der Waals surface area contributed by atoms with Gasteiger partial charge in [0.15, 0.2) is 0 Å². The Morgan fingerprint density at radius 1 is 1.47 bits per heavy atom. The van der Waals surface area contributed by atoms with Crippen LogP contribution in [0, 0.1) is 11.8 Å². The van der Waals surface area contributed by atoms with Gasteiger partial charge in [0.25, 0.3) is 5.91 Å². The van der Waals surface area contributed by atoms with E-state index in [4.69, 9.17) is 0 Å². The number of amides is 1. The molecule has 1 aromatic rings. The van der Waals surface area contributed by atoms with Gasteiger partial charge < -0.3 is 4.90 Å². The predicted octanol–water partition coefficient (Wildman–Crippen LogP) is 2.21. The van der Waals surface area contributed by atoms with Gasteiger partial charge in [0, 0.05) is 12.5 Å². The van der Waals surface area contributed by atoms with Crippen molar-refractivity contribution in [3.63, 3.8) is 0 Å². The van der Waals surface area contributed by atoms with Crippen LogP contribution in [0.5, 0.6) is 0 Å². The molecule has 17 heavy (non-hydrogen) atoms. The molecule has 3 nitrogen and oxygen atoms in total. The first-order valence-electron chi connectivity index (χ1n) is 5.93. The zero-order valence-electron chi connectivity index (χ0n) is 10.4. The largest absolute Gasteiger partial charge is 0.330 e. The number of fused-ring (bicyclic) bond motifs is 1. The van der Waals surface area contributed by atoms with Gasteiger partial charge in [0.2, 0.25) is 0 Å². The number of carbonyl (C=O) groups is 1. The van der Waals surface area contributed by atoms with E-state index in [2.05, 4.69) is 16.8 Å². The van der Waals surface area contributed by atoms with Crippen LogP contribution in [0.4, 0.5) is 0 Å². The summed E-state index contributed by atoms with van der Waals surface area (Å²) in [7, 11) is 0. The highest BCUT2D eigenvalue weighted by Gasteiger charge is 2.30. The molecule has 0 atom stereocenters. The molecule has 1 amide bonds. The van der Waals surface area contributed by atoms with Crippen LogP contribution in [-0.4, -0.2) is 21.8 Å². The summed E-state index contributed by atoms with van der Waals surface area (Å²) < 4.78 is 0. The standard InChI is InChI=1S/C14H16N2O/c1-4-5-6-11-7-8-12-13(15-11)9-16(10(2)3)14(12)17/h7-8,10H,4,9H2,1-3H3. The molecule has 0 fully saturated rings. The summed E-state index contributed by atoms with van der Waals surface area (Å²) in [4.78, 5) is 18.3. The van der Waals surface area contributed by atoms with Gasteiger partial charge in [-0.05, 0) is 31.9 Å². The quantitative estimate of drug-likeness (QED) is 0.690. The fraction of sp³-hybridized carbons (Fsp3) is 0.429. The second-order valence-corrected chi connectivity index (χ2v) is 4.37. The lowest BCUT2D eigenvalue weighted by Gasteiger charge is -2.19. The molecule has 0 bridgehead atoms. The molecule has 0 aliphatic carbocycles. The molecule has 0 N–H and O–H groups in total. The molecule has 1 aromatic heterocycles. The van der Waals surface area contributed by atoms with Crippen LogP contribution in [0.2, 0.25) is 0 Å². The highest BCUT2D eigenvalue weighted by molar-refractivity contribution is 5.98. The Hall–Kier alpha value is -1.82. The van der Waals surface area contributed by atoms with Crippen LogP contribution in [0.1, 0.15) is 48.9 Å². The third-order valence-electron chi connectivity index (χ3n) is 2.80. The summed E-state index contributed by atoms with van der Waals surface area (Å²) >= 11 is 0. The molecule has 0 unspecified atom stereocenters. The Bertz CT molecular complexity index is 509. The first kappa shape index (κ1) is 11.7. The smallest absolute Gasteiger partial charge is 0.256 e. The van der Waals surface area contributed by atoms with E-state index in [-0.39, 0.29) is 11.9 Å². The summed E-state index contributed by atoms with van der Waals surface area (Å²) in [5, 5.41) is 0. The minimum Gasteiger partial charge on any atom is -0.330 e. The van der Waals surface area contributed by atoms with E-state index in [0.717, 1.165) is 23.4 Å². The van der Waals surface area contributed by atoms with Crippen LogP contribution < -0.4 is 0 Å². The topological polar surface area (TPSA) is 33.2 Å². The first-order chi connectivity index (χ1) is 8.13. The van der Waals surface area contributed by atoms with Crippen molar-refractivity contribution in [2.75, 3.05) is 0 Å². The minimum absolute atomic E-state index is 0.0810. The molecule has 0 aromatic carbocycles. The Balaban J connectivity index is 2.32. The molecule has 0 saturated heterocycles. The Morgan fingerprint density at radius 2 is 2.24 bits per heavy atom. The fourth-order valence-corrected chi connectivity index (χ4v) is 1.87. The molecule has 3 heteroatoms. The van der Waals surface area contributed by atoms with E-state index in [9.17, 15) is 4.79 Å². The van der Waals surface area contributed by atoms with Crippen molar-refractivity contribution in [1.29, 1.82) is 0 Å². The number of hydrogen-bond donors (Lipinski definition) is 0. The van der Waals surface area contributed by atoms with Crippen molar-refractivity contribution >= 4 is 5.91 Å². The molecule has 1 aliphatic heterocycles. The van der Waals surface area contributed by atoms with Crippen LogP contribution in [0.3, 0.4) is 0 Å². The average Bonchev–Trinajstić information content (AvgIpc) is 2.64. The summed E-state index contributed by atoms with van der Waals surface area (Å²) in [6.07, 6.45) is 0.815. The molecular weight excluding hydrogens is 212 g/mol. The highest BCUT2D eigenvalue weighted by Crippen LogP contribution is 2.22. The second-order valence-electron chi connectivity index (χ2n) is 4.37. The number of aromatic nitrogens is 1. The third-order valence-corrected chi connectivity index (χ3v) is 2.80. The fourth-order valence-electron chi connectivity index (χ4n) is 1.87. The van der Waals surface area contributed by atoms with Gasteiger partial charge in [-0.3, -0.25) is 4.79 Å². The lowest BCUT2D eigenvalue weighted by molar-refractivity contribution is 0.0730. The number of rotatable bonds is 1. The SMILES string of the molecule is CCC#Cc1ccc2c(n1)CN(C(C)C)C2=O. The van der Waals surface area contributed by atoms with E-state index in [1.54, 1.807) is 0 Å². The lowest BCUT2D eigenvalue weighted by Crippen LogP contribution is -2.30. The highest BCUT2D eigenvalue weighted by atomic mass is 16.2. The molecule has 0 saturated carbocycles. The zero-order valence-corrected chi connectivity index (χ0v) is 10.4. The van der Waals surface area contributed by atoms with Crippen LogP contribution in [-0.2, 0) is 6.54 Å². The molecule has 88 valence electrons. The van der Waals surface area contributed by atoms with Crippen molar-refractivity contribution in [2.45, 2.75) is 39.8 Å². The van der Waals surface area contributed by atoms with Crippen LogP contribution in [0.15, 0.2) is 12.1 Å². The molecular formula is C14H16N2O. The maximum atomic E-state index is 12.0. The second kappa shape index (κ2) is 4.58. The zero-order chi connectivity index (χ0) is 12.4. The maximum absolute atomic E-state index is 12.0. The molecule has 0 spiro atoms.